The van der Waals surface area contributed by atoms with Crippen molar-refractivity contribution in [3.63, 3.8) is 0 Å². The van der Waals surface area contributed by atoms with E-state index in [0.717, 1.165) is 51.4 Å². The molecule has 0 aromatic carbocycles. The highest BCUT2D eigenvalue weighted by Crippen LogP contribution is 2.65. The lowest BCUT2D eigenvalue weighted by molar-refractivity contribution is -0.145. The molecule has 6 atom stereocenters. The highest BCUT2D eigenvalue weighted by atomic mass is 32.2. The Morgan fingerprint density at radius 2 is 1.59 bits per heavy atom. The van der Waals surface area contributed by atoms with Gasteiger partial charge in [0.1, 0.15) is 12.1 Å². The predicted molar refractivity (Wildman–Crippen MR) is 192 cm³/mol. The van der Waals surface area contributed by atoms with Gasteiger partial charge in [0.15, 0.2) is 0 Å². The van der Waals surface area contributed by atoms with Crippen LogP contribution in [0.25, 0.3) is 0 Å². The van der Waals surface area contributed by atoms with Crippen LogP contribution in [0.4, 0.5) is 4.79 Å². The number of ketones is 1. The number of piperidine rings is 1. The number of Topliss-reactive ketones (excluding diaryl/α,β-unsaturated/α-hetero) is 1. The Kier molecular flexibility index (Phi) is 10.4. The summed E-state index contributed by atoms with van der Waals surface area (Å²) < 4.78 is 28.6. The zero-order valence-corrected chi connectivity index (χ0v) is 32.2. The molecule has 13 nitrogen and oxygen atoms in total. The van der Waals surface area contributed by atoms with Crippen LogP contribution in [0.2, 0.25) is 0 Å². The molecule has 51 heavy (non-hydrogen) atoms. The molecule has 4 aliphatic carbocycles. The third-order valence-corrected chi connectivity index (χ3v) is 15.5. The fourth-order valence-corrected chi connectivity index (χ4v) is 11.7. The summed E-state index contributed by atoms with van der Waals surface area (Å²) in [6, 6.07) is -3.42. The minimum absolute atomic E-state index is 0.0119. The van der Waals surface area contributed by atoms with Crippen LogP contribution < -0.4 is 21.3 Å². The molecule has 0 aromatic heterocycles. The summed E-state index contributed by atoms with van der Waals surface area (Å²) in [6.07, 6.45) is 9.04. The molecule has 0 aromatic rings. The second-order valence-electron chi connectivity index (χ2n) is 18.0. The normalized spacial score (nSPS) is 30.4. The van der Waals surface area contributed by atoms with Crippen molar-refractivity contribution in [3.8, 4) is 0 Å². The highest BCUT2D eigenvalue weighted by molar-refractivity contribution is 7.90. The molecule has 14 heteroatoms. The number of fused-ring (bicyclic) bond motifs is 1. The van der Waals surface area contributed by atoms with Crippen LogP contribution in [0, 0.1) is 28.6 Å². The lowest BCUT2D eigenvalue weighted by Crippen LogP contribution is -2.65. The first kappa shape index (κ1) is 38.0. The van der Waals surface area contributed by atoms with Crippen LogP contribution >= 0.6 is 0 Å². The van der Waals surface area contributed by atoms with Gasteiger partial charge in [-0.1, -0.05) is 73.6 Å². The minimum Gasteiger partial charge on any atom is -0.347 e. The van der Waals surface area contributed by atoms with Gasteiger partial charge in [-0.05, 0) is 73.5 Å². The van der Waals surface area contributed by atoms with Crippen LogP contribution in [0.1, 0.15) is 119 Å². The molecule has 0 radical (unpaired) electrons. The lowest BCUT2D eigenvalue weighted by Gasteiger charge is -2.43. The van der Waals surface area contributed by atoms with E-state index in [1.54, 1.807) is 4.90 Å². The van der Waals surface area contributed by atoms with Gasteiger partial charge in [-0.2, -0.15) is 0 Å². The summed E-state index contributed by atoms with van der Waals surface area (Å²) in [5, 5.41) is 11.0. The van der Waals surface area contributed by atoms with Crippen molar-refractivity contribution in [2.24, 2.45) is 28.6 Å². The van der Waals surface area contributed by atoms with Gasteiger partial charge in [0.2, 0.25) is 27.6 Å². The molecule has 6 aliphatic rings. The molecule has 1 unspecified atom stereocenters. The van der Waals surface area contributed by atoms with Crippen LogP contribution in [0.3, 0.4) is 0 Å². The molecule has 4 saturated carbocycles. The Morgan fingerprint density at radius 3 is 2.16 bits per heavy atom. The van der Waals surface area contributed by atoms with Gasteiger partial charge in [0.05, 0.1) is 16.8 Å². The van der Waals surface area contributed by atoms with Crippen molar-refractivity contribution in [1.29, 1.82) is 0 Å². The van der Waals surface area contributed by atoms with E-state index >= 15 is 0 Å². The second-order valence-corrected chi connectivity index (χ2v) is 20.1. The summed E-state index contributed by atoms with van der Waals surface area (Å²) >= 11 is 0. The summed E-state index contributed by atoms with van der Waals surface area (Å²) in [7, 11) is -3.61. The van der Waals surface area contributed by atoms with Crippen LogP contribution in [-0.4, -0.2) is 102 Å². The predicted octanol–water partition coefficient (Wildman–Crippen LogP) is 2.83. The van der Waals surface area contributed by atoms with E-state index in [0.29, 0.717) is 51.2 Å². The Labute approximate surface area is 303 Å². The molecule has 0 spiro atoms. The zero-order valence-electron chi connectivity index (χ0n) is 31.4. The van der Waals surface area contributed by atoms with E-state index < -0.39 is 73.9 Å². The van der Waals surface area contributed by atoms with E-state index in [-0.39, 0.29) is 23.3 Å². The van der Waals surface area contributed by atoms with Crippen molar-refractivity contribution >= 4 is 39.6 Å². The number of carbonyl (C=O) groups is 5. The number of urea groups is 1. The quantitative estimate of drug-likeness (QED) is 0.211. The largest absolute Gasteiger partial charge is 0.347 e. The van der Waals surface area contributed by atoms with Gasteiger partial charge in [-0.15, -0.1) is 0 Å². The monoisotopic (exact) mass is 732 g/mol. The number of nitrogens with zero attached hydrogens (tertiary/aromatic N) is 2. The minimum atomic E-state index is -3.61. The number of hydrogen-bond donors (Lipinski definition) is 4. The Bertz CT molecular complexity index is 1510. The number of rotatable bonds is 13. The van der Waals surface area contributed by atoms with Gasteiger partial charge in [-0.25, -0.2) is 17.5 Å². The Hall–Kier alpha value is -2.74. The Morgan fingerprint density at radius 1 is 0.922 bits per heavy atom. The summed E-state index contributed by atoms with van der Waals surface area (Å²) in [6.45, 7) is 12.7. The molecule has 0 bridgehead atoms. The number of hydrogen-bond acceptors (Lipinski definition) is 7. The van der Waals surface area contributed by atoms with Crippen molar-refractivity contribution in [1.82, 2.24) is 30.5 Å². The van der Waals surface area contributed by atoms with Gasteiger partial charge in [-0.3, -0.25) is 19.2 Å². The molecule has 2 heterocycles. The fraction of sp³-hybridized carbons (Fsp3) is 0.865. The highest BCUT2D eigenvalue weighted by Gasteiger charge is 2.70. The smallest absolute Gasteiger partial charge is 0.315 e. The maximum atomic E-state index is 14.6. The van der Waals surface area contributed by atoms with Gasteiger partial charge >= 0.3 is 6.03 Å². The van der Waals surface area contributed by atoms with Crippen LogP contribution in [-0.2, 0) is 29.2 Å². The van der Waals surface area contributed by atoms with Crippen molar-refractivity contribution < 1.29 is 32.4 Å². The Balaban J connectivity index is 1.20. The number of amides is 5. The topological polar surface area (TPSA) is 174 Å². The molecule has 6 rings (SSSR count). The molecular weight excluding hydrogens is 673 g/mol. The van der Waals surface area contributed by atoms with Gasteiger partial charge in [0, 0.05) is 25.7 Å². The maximum absolute atomic E-state index is 14.6. The van der Waals surface area contributed by atoms with E-state index in [1.165, 1.54) is 4.31 Å². The first-order valence-electron chi connectivity index (χ1n) is 19.4. The lowest BCUT2D eigenvalue weighted by atomic mass is 9.78. The molecule has 6 fully saturated rings. The first-order valence-corrected chi connectivity index (χ1v) is 20.9. The molecule has 286 valence electrons. The van der Waals surface area contributed by atoms with Crippen molar-refractivity contribution in [2.75, 3.05) is 19.6 Å². The van der Waals surface area contributed by atoms with E-state index in [4.69, 9.17) is 0 Å². The van der Waals surface area contributed by atoms with Crippen LogP contribution in [0.15, 0.2) is 0 Å². The maximum Gasteiger partial charge on any atom is 0.315 e. The fourth-order valence-electron chi connectivity index (χ4n) is 9.33. The van der Waals surface area contributed by atoms with Crippen molar-refractivity contribution in [2.45, 2.75) is 154 Å². The molecule has 5 amide bonds. The third-order valence-electron chi connectivity index (χ3n) is 12.9. The van der Waals surface area contributed by atoms with Crippen LogP contribution in [0.5, 0.6) is 0 Å². The number of likely N-dealkylation sites (tertiary alicyclic amines) is 1. The third kappa shape index (κ3) is 7.68. The summed E-state index contributed by atoms with van der Waals surface area (Å²) in [4.78, 5) is 70.5. The van der Waals surface area contributed by atoms with E-state index in [2.05, 4.69) is 35.1 Å². The average Bonchev–Trinajstić information content (AvgIpc) is 4.02. The number of sulfonamides is 1. The zero-order chi connectivity index (χ0) is 37.1. The van der Waals surface area contributed by atoms with E-state index in [1.807, 2.05) is 27.7 Å². The second kappa shape index (κ2) is 13.9. The van der Waals surface area contributed by atoms with Crippen molar-refractivity contribution in [3.05, 3.63) is 0 Å². The molecular formula is C37H60N6O7S. The molecule has 4 N–H and O–H groups in total. The van der Waals surface area contributed by atoms with E-state index in [9.17, 15) is 32.4 Å². The summed E-state index contributed by atoms with van der Waals surface area (Å²) in [5.41, 5.74) is -1.88. The average molecular weight is 733 g/mol. The van der Waals surface area contributed by atoms with Gasteiger partial charge in [0.25, 0.3) is 5.91 Å². The molecule has 2 aliphatic heterocycles. The summed E-state index contributed by atoms with van der Waals surface area (Å²) in [5.74, 6) is -1.71. The van der Waals surface area contributed by atoms with Gasteiger partial charge < -0.3 is 26.2 Å². The molecule has 2 saturated heterocycles. The SMILES string of the molecule is CCN1CCC(C2(NC(=O)N[C@H](C(=O)N3C[C@H]4[C@@H]([C@H]3C(=O)N[C@@H](CCC3CC3)C(=O)C(=O)NC3CC3)C4(C)C)C(C)(C)C)CCCCC2)S1(=O)=O. The first-order chi connectivity index (χ1) is 23.9. The number of carbonyl (C=O) groups excluding carboxylic acids is 5. The number of nitrogens with one attached hydrogen (secondary N) is 4. The standard InChI is InChI=1S/C37H60N6O7S/c1-7-42-20-17-26(51(42,49)50)37(18-9-8-10-19-37)41-34(48)40-30(35(2,3)4)33(47)43-21-24-27(36(24,5)6)28(43)31(45)39-25(16-13-22-11-12-22)29(44)32(46)38-23-14-15-23/h22-28,30H,7-21H2,1-6H3,(H,38,46)(H,39,45)(H2,40,41,48)/t24-,25-,26?,27-,28-,30+/m0/s1.